The SMILES string of the molecule is O=C(O)[C@@H]1CN(C(=O)c2ccc(Br)s2)C[C@H]1C(F)(F)F. The zero-order chi connectivity index (χ0) is 15.1. The van der Waals surface area contributed by atoms with E-state index in [4.69, 9.17) is 5.11 Å². The summed E-state index contributed by atoms with van der Waals surface area (Å²) in [6, 6.07) is 3.11. The van der Waals surface area contributed by atoms with Crippen LogP contribution in [0, 0.1) is 11.8 Å². The number of carbonyl (C=O) groups excluding carboxylic acids is 1. The number of amides is 1. The molecule has 0 radical (unpaired) electrons. The number of carboxylic acid groups (broad SMARTS) is 1. The van der Waals surface area contributed by atoms with Gasteiger partial charge in [0.15, 0.2) is 0 Å². The zero-order valence-corrected chi connectivity index (χ0v) is 12.3. The van der Waals surface area contributed by atoms with Crippen LogP contribution < -0.4 is 0 Å². The van der Waals surface area contributed by atoms with Gasteiger partial charge in [0.25, 0.3) is 5.91 Å². The van der Waals surface area contributed by atoms with E-state index in [9.17, 15) is 22.8 Å². The van der Waals surface area contributed by atoms with E-state index < -0.39 is 43.0 Å². The Morgan fingerprint density at radius 2 is 2.00 bits per heavy atom. The number of carbonyl (C=O) groups is 2. The fraction of sp³-hybridized carbons (Fsp3) is 0.455. The predicted molar refractivity (Wildman–Crippen MR) is 68.6 cm³/mol. The average molecular weight is 372 g/mol. The molecule has 1 aromatic heterocycles. The van der Waals surface area contributed by atoms with Crippen molar-refractivity contribution in [2.45, 2.75) is 6.18 Å². The highest BCUT2D eigenvalue weighted by molar-refractivity contribution is 9.11. The van der Waals surface area contributed by atoms with Gasteiger partial charge in [-0.3, -0.25) is 9.59 Å². The topological polar surface area (TPSA) is 57.6 Å². The van der Waals surface area contributed by atoms with Crippen LogP contribution in [0.3, 0.4) is 0 Å². The Morgan fingerprint density at radius 1 is 1.35 bits per heavy atom. The van der Waals surface area contributed by atoms with Crippen LogP contribution in [0.4, 0.5) is 13.2 Å². The van der Waals surface area contributed by atoms with Gasteiger partial charge in [0.05, 0.1) is 20.5 Å². The molecule has 2 rings (SSSR count). The van der Waals surface area contributed by atoms with Crippen molar-refractivity contribution >= 4 is 39.1 Å². The van der Waals surface area contributed by atoms with E-state index in [0.29, 0.717) is 3.79 Å². The first-order valence-corrected chi connectivity index (χ1v) is 7.15. The molecule has 2 heterocycles. The molecule has 110 valence electrons. The number of likely N-dealkylation sites (tertiary alicyclic amines) is 1. The highest BCUT2D eigenvalue weighted by Gasteiger charge is 2.53. The molecule has 1 aliphatic heterocycles. The molecule has 20 heavy (non-hydrogen) atoms. The molecular formula is C11H9BrF3NO3S. The second-order valence-corrected chi connectivity index (χ2v) is 6.87. The maximum Gasteiger partial charge on any atom is 0.394 e. The van der Waals surface area contributed by atoms with E-state index in [-0.39, 0.29) is 4.88 Å². The van der Waals surface area contributed by atoms with Gasteiger partial charge in [0.2, 0.25) is 0 Å². The minimum Gasteiger partial charge on any atom is -0.481 e. The summed E-state index contributed by atoms with van der Waals surface area (Å²) in [5.74, 6) is -5.73. The van der Waals surface area contributed by atoms with E-state index >= 15 is 0 Å². The van der Waals surface area contributed by atoms with Crippen LogP contribution in [0.2, 0.25) is 0 Å². The van der Waals surface area contributed by atoms with E-state index in [2.05, 4.69) is 15.9 Å². The summed E-state index contributed by atoms with van der Waals surface area (Å²) in [6.45, 7) is -1.04. The second kappa shape index (κ2) is 5.36. The molecule has 4 nitrogen and oxygen atoms in total. The highest BCUT2D eigenvalue weighted by Crippen LogP contribution is 2.38. The molecule has 2 atom stereocenters. The molecule has 9 heteroatoms. The summed E-state index contributed by atoms with van der Waals surface area (Å²) in [6.07, 6.45) is -4.63. The van der Waals surface area contributed by atoms with E-state index in [1.54, 1.807) is 6.07 Å². The first-order valence-electron chi connectivity index (χ1n) is 5.54. The molecule has 1 aromatic rings. The predicted octanol–water partition coefficient (Wildman–Crippen LogP) is 2.85. The van der Waals surface area contributed by atoms with Crippen LogP contribution >= 0.6 is 27.3 Å². The van der Waals surface area contributed by atoms with Crippen LogP contribution in [0.15, 0.2) is 15.9 Å². The molecule has 0 aliphatic carbocycles. The number of carboxylic acids is 1. The van der Waals surface area contributed by atoms with Gasteiger partial charge in [-0.25, -0.2) is 0 Å². The Morgan fingerprint density at radius 3 is 2.40 bits per heavy atom. The van der Waals surface area contributed by atoms with Crippen LogP contribution in [-0.2, 0) is 4.79 Å². The molecular weight excluding hydrogens is 363 g/mol. The van der Waals surface area contributed by atoms with E-state index in [1.807, 2.05) is 0 Å². The Labute approximate surface area is 124 Å². The van der Waals surface area contributed by atoms with Gasteiger partial charge in [-0.15, -0.1) is 11.3 Å². The lowest BCUT2D eigenvalue weighted by Gasteiger charge is -2.18. The van der Waals surface area contributed by atoms with Gasteiger partial charge in [-0.2, -0.15) is 13.2 Å². The Balaban J connectivity index is 2.20. The van der Waals surface area contributed by atoms with Crippen molar-refractivity contribution in [2.75, 3.05) is 13.1 Å². The second-order valence-electron chi connectivity index (χ2n) is 4.41. The summed E-state index contributed by atoms with van der Waals surface area (Å²) >= 11 is 4.26. The third-order valence-corrected chi connectivity index (χ3v) is 4.74. The van der Waals surface area contributed by atoms with E-state index in [1.165, 1.54) is 6.07 Å². The van der Waals surface area contributed by atoms with Crippen molar-refractivity contribution in [3.63, 3.8) is 0 Å². The summed E-state index contributed by atoms with van der Waals surface area (Å²) in [4.78, 5) is 24.2. The summed E-state index contributed by atoms with van der Waals surface area (Å²) < 4.78 is 39.1. The molecule has 0 saturated carbocycles. The fourth-order valence-electron chi connectivity index (χ4n) is 2.14. The average Bonchev–Trinajstić information content (AvgIpc) is 2.93. The maximum absolute atomic E-state index is 12.8. The fourth-order valence-corrected chi connectivity index (χ4v) is 3.49. The number of hydrogen-bond acceptors (Lipinski definition) is 3. The molecule has 1 N–H and O–H groups in total. The number of rotatable bonds is 2. The molecule has 1 fully saturated rings. The van der Waals surface area contributed by atoms with Crippen LogP contribution in [0.5, 0.6) is 0 Å². The number of alkyl halides is 3. The Bertz CT molecular complexity index is 545. The van der Waals surface area contributed by atoms with Crippen molar-refractivity contribution in [3.8, 4) is 0 Å². The van der Waals surface area contributed by atoms with Gasteiger partial charge < -0.3 is 10.0 Å². The standard InChI is InChI=1S/C11H9BrF3NO3S/c12-8-2-1-7(20-8)9(17)16-3-5(10(18)19)6(4-16)11(13,14)15/h1-2,5-6H,3-4H2,(H,18,19)/t5-,6-/m1/s1. The lowest BCUT2D eigenvalue weighted by molar-refractivity contribution is -0.187. The molecule has 1 aliphatic rings. The number of halogens is 4. The highest BCUT2D eigenvalue weighted by atomic mass is 79.9. The lowest BCUT2D eigenvalue weighted by Crippen LogP contribution is -2.34. The largest absolute Gasteiger partial charge is 0.481 e. The minimum atomic E-state index is -4.63. The van der Waals surface area contributed by atoms with Crippen LogP contribution in [0.1, 0.15) is 9.67 Å². The number of thiophene rings is 1. The quantitative estimate of drug-likeness (QED) is 0.869. The monoisotopic (exact) mass is 371 g/mol. The van der Waals surface area contributed by atoms with E-state index in [0.717, 1.165) is 16.2 Å². The molecule has 0 bridgehead atoms. The van der Waals surface area contributed by atoms with Crippen molar-refractivity contribution in [3.05, 3.63) is 20.8 Å². The van der Waals surface area contributed by atoms with Crippen molar-refractivity contribution < 1.29 is 27.9 Å². The smallest absolute Gasteiger partial charge is 0.394 e. The van der Waals surface area contributed by atoms with Gasteiger partial charge in [-0.05, 0) is 28.1 Å². The third-order valence-electron chi connectivity index (χ3n) is 3.13. The first-order chi connectivity index (χ1) is 9.20. The van der Waals surface area contributed by atoms with Crippen molar-refractivity contribution in [2.24, 2.45) is 11.8 Å². The molecule has 0 spiro atoms. The van der Waals surface area contributed by atoms with Crippen LogP contribution in [-0.4, -0.2) is 41.1 Å². The third kappa shape index (κ3) is 2.98. The number of aliphatic carboxylic acids is 1. The van der Waals surface area contributed by atoms with Gasteiger partial charge in [0.1, 0.15) is 0 Å². The summed E-state index contributed by atoms with van der Waals surface area (Å²) in [7, 11) is 0. The van der Waals surface area contributed by atoms with Crippen LogP contribution in [0.25, 0.3) is 0 Å². The minimum absolute atomic E-state index is 0.281. The Hall–Kier alpha value is -1.09. The Kier molecular flexibility index (Phi) is 4.10. The molecule has 1 amide bonds. The molecule has 0 aromatic carbocycles. The van der Waals surface area contributed by atoms with Gasteiger partial charge in [0, 0.05) is 13.1 Å². The zero-order valence-electron chi connectivity index (χ0n) is 9.85. The summed E-state index contributed by atoms with van der Waals surface area (Å²) in [5.41, 5.74) is 0. The van der Waals surface area contributed by atoms with Crippen molar-refractivity contribution in [1.82, 2.24) is 4.90 Å². The normalized spacial score (nSPS) is 23.1. The van der Waals surface area contributed by atoms with Crippen molar-refractivity contribution in [1.29, 1.82) is 0 Å². The molecule has 1 saturated heterocycles. The summed E-state index contributed by atoms with van der Waals surface area (Å²) in [5, 5.41) is 8.88. The number of nitrogens with zero attached hydrogens (tertiary/aromatic N) is 1. The lowest BCUT2D eigenvalue weighted by atomic mass is 9.96. The maximum atomic E-state index is 12.8. The molecule has 0 unspecified atom stereocenters. The number of hydrogen-bond donors (Lipinski definition) is 1. The first kappa shape index (κ1) is 15.3. The van der Waals surface area contributed by atoms with Gasteiger partial charge >= 0.3 is 12.1 Å². The van der Waals surface area contributed by atoms with Gasteiger partial charge in [-0.1, -0.05) is 0 Å².